The van der Waals surface area contributed by atoms with Gasteiger partial charge in [-0.25, -0.2) is 4.79 Å². The number of rotatable bonds is 38. The summed E-state index contributed by atoms with van der Waals surface area (Å²) in [5, 5.41) is 73.9. The fourth-order valence-electron chi connectivity index (χ4n) is 7.99. The highest BCUT2D eigenvalue weighted by Crippen LogP contribution is 2.13. The average molecular weight is 1160 g/mol. The van der Waals surface area contributed by atoms with Crippen molar-refractivity contribution in [2.45, 2.75) is 185 Å². The van der Waals surface area contributed by atoms with E-state index in [0.717, 1.165) is 13.8 Å². The van der Waals surface area contributed by atoms with Gasteiger partial charge in [0.15, 0.2) is 5.96 Å². The summed E-state index contributed by atoms with van der Waals surface area (Å²) in [5.74, 6) is -17.7. The first-order chi connectivity index (χ1) is 37.8. The van der Waals surface area contributed by atoms with Gasteiger partial charge in [0.25, 0.3) is 0 Å². The lowest BCUT2D eigenvalue weighted by Crippen LogP contribution is -2.64. The van der Waals surface area contributed by atoms with Crippen molar-refractivity contribution in [2.75, 3.05) is 19.6 Å². The molecule has 0 radical (unpaired) electrons. The van der Waals surface area contributed by atoms with Gasteiger partial charge in [-0.15, -0.1) is 0 Å². The second kappa shape index (κ2) is 35.8. The SMILES string of the molecule is CC[C@H](C)[C@H](NC(=O)[C@@H](NC(=O)[C@H](CCCN=C(N)N)NC(=O)[C@H](CC(N)=O)NC(=O)[C@@H]1CCCN1)[C@@H](C)O)C(=O)N[C@H](C(=O)N[C@H](C(=O)N[C@@H](CC(=O)O)C(=O)N[C@@H](CC(=O)O)C(=O)N[C@@H](CCCCN)C(=O)O)C(C)C)[C@@H](C)O. The van der Waals surface area contributed by atoms with Gasteiger partial charge in [0, 0.05) is 6.54 Å². The second-order valence-electron chi connectivity index (χ2n) is 19.9. The van der Waals surface area contributed by atoms with Crippen LogP contribution in [0.25, 0.3) is 0 Å². The van der Waals surface area contributed by atoms with E-state index in [2.05, 4.69) is 52.8 Å². The third kappa shape index (κ3) is 25.9. The molecule has 1 rings (SSSR count). The van der Waals surface area contributed by atoms with E-state index in [9.17, 15) is 87.9 Å². The molecule has 0 spiro atoms. The zero-order chi connectivity index (χ0) is 61.8. The van der Waals surface area contributed by atoms with Crippen LogP contribution < -0.4 is 76.1 Å². The van der Waals surface area contributed by atoms with E-state index in [1.54, 1.807) is 6.92 Å². The molecular formula is C48H83N15O18. The van der Waals surface area contributed by atoms with Gasteiger partial charge >= 0.3 is 17.9 Å². The van der Waals surface area contributed by atoms with Crippen LogP contribution in [0.3, 0.4) is 0 Å². The number of amides is 10. The van der Waals surface area contributed by atoms with Crippen LogP contribution in [0.4, 0.5) is 0 Å². The first-order valence-corrected chi connectivity index (χ1v) is 26.4. The Kier molecular flexibility index (Phi) is 31.4. The number of nitrogens with two attached hydrogens (primary N) is 4. The molecule has 10 amide bonds. The molecule has 458 valence electrons. The molecule has 0 aromatic rings. The van der Waals surface area contributed by atoms with Gasteiger partial charge in [-0.05, 0) is 83.7 Å². The molecule has 1 heterocycles. The lowest BCUT2D eigenvalue weighted by atomic mass is 9.96. The van der Waals surface area contributed by atoms with E-state index in [0.29, 0.717) is 25.8 Å². The van der Waals surface area contributed by atoms with Crippen molar-refractivity contribution in [2.24, 2.45) is 39.8 Å². The zero-order valence-corrected chi connectivity index (χ0v) is 46.3. The van der Waals surface area contributed by atoms with E-state index in [1.807, 2.05) is 5.32 Å². The Morgan fingerprint density at radius 2 is 0.951 bits per heavy atom. The van der Waals surface area contributed by atoms with Gasteiger partial charge in [0.05, 0.1) is 37.5 Å². The Balaban J connectivity index is 3.43. The summed E-state index contributed by atoms with van der Waals surface area (Å²) in [6, 6.07) is -16.3. The number of aliphatic carboxylic acids is 3. The van der Waals surface area contributed by atoms with Crippen molar-refractivity contribution in [3.8, 4) is 0 Å². The van der Waals surface area contributed by atoms with Crippen molar-refractivity contribution in [3.63, 3.8) is 0 Å². The Morgan fingerprint density at radius 1 is 0.531 bits per heavy atom. The van der Waals surface area contributed by atoms with E-state index in [1.165, 1.54) is 20.8 Å². The third-order valence-electron chi connectivity index (χ3n) is 12.7. The molecule has 1 aliphatic rings. The number of guanidine groups is 1. The van der Waals surface area contributed by atoms with Crippen molar-refractivity contribution < 1.29 is 87.9 Å². The summed E-state index contributed by atoms with van der Waals surface area (Å²) < 4.78 is 0. The number of unbranched alkanes of at least 4 members (excludes halogenated alkanes) is 1. The number of primary amides is 1. The number of carboxylic acids is 3. The molecular weight excluding hydrogens is 1070 g/mol. The summed E-state index contributed by atoms with van der Waals surface area (Å²) >= 11 is 0. The minimum atomic E-state index is -2.04. The van der Waals surface area contributed by atoms with Gasteiger partial charge in [-0.3, -0.25) is 62.5 Å². The van der Waals surface area contributed by atoms with Crippen LogP contribution in [0.1, 0.15) is 112 Å². The molecule has 0 saturated carbocycles. The van der Waals surface area contributed by atoms with E-state index in [4.69, 9.17) is 22.9 Å². The molecule has 1 fully saturated rings. The molecule has 0 unspecified atom stereocenters. The standard InChI is InChI=1S/C48H83N15O18/c1-7-22(4)35(61-46(79)36(23(5)64)62-39(72)26(14-11-17-54-48(51)52)55-40(73)28(18-31(50)66)57-38(71)25-13-10-16-53-25)44(77)63-37(24(6)65)45(78)60-34(21(2)3)43(76)59-30(20-33(69)70)42(75)58-29(19-32(67)68)41(74)56-27(47(80)81)12-8-9-15-49/h21-30,34-37,53,64-65H,7-20,49H2,1-6H3,(H2,50,66)(H,55,73)(H,56,74)(H,57,71)(H,58,75)(H,59,76)(H,60,78)(H,61,79)(H,62,72)(H,63,77)(H,67,68)(H,69,70)(H,80,81)(H4,51,52,54)/t22-,23+,24+,25-,26-,27-,28-,29-,30-,34-,35-,36-,37-/m0/s1. The van der Waals surface area contributed by atoms with Gasteiger partial charge in [-0.2, -0.15) is 0 Å². The van der Waals surface area contributed by atoms with Crippen molar-refractivity contribution in [3.05, 3.63) is 0 Å². The Morgan fingerprint density at radius 3 is 1.38 bits per heavy atom. The Bertz CT molecular complexity index is 2240. The average Bonchev–Trinajstić information content (AvgIpc) is 3.93. The molecule has 0 aliphatic carbocycles. The highest BCUT2D eigenvalue weighted by atomic mass is 16.4. The van der Waals surface area contributed by atoms with Crippen LogP contribution in [0.5, 0.6) is 0 Å². The molecule has 0 aromatic heterocycles. The van der Waals surface area contributed by atoms with E-state index < -0.39 is 181 Å². The molecule has 0 aromatic carbocycles. The topological polar surface area (TPSA) is 560 Å². The first-order valence-electron chi connectivity index (χ1n) is 26.4. The fourth-order valence-corrected chi connectivity index (χ4v) is 7.99. The maximum Gasteiger partial charge on any atom is 0.326 e. The zero-order valence-electron chi connectivity index (χ0n) is 46.3. The number of carboxylic acid groups (broad SMARTS) is 3. The molecule has 0 bridgehead atoms. The second-order valence-corrected chi connectivity index (χ2v) is 19.9. The predicted octanol–water partition coefficient (Wildman–Crippen LogP) is -7.34. The number of aliphatic imine (C=N–C) groups is 1. The normalized spacial score (nSPS) is 17.4. The number of aliphatic hydroxyl groups excluding tert-OH is 2. The molecule has 33 heteroatoms. The third-order valence-corrected chi connectivity index (χ3v) is 12.7. The molecule has 81 heavy (non-hydrogen) atoms. The molecule has 1 saturated heterocycles. The van der Waals surface area contributed by atoms with Gasteiger partial charge < -0.3 is 102 Å². The minimum Gasteiger partial charge on any atom is -0.481 e. The van der Waals surface area contributed by atoms with E-state index in [-0.39, 0.29) is 51.2 Å². The van der Waals surface area contributed by atoms with Gasteiger partial charge in [0.1, 0.15) is 54.4 Å². The lowest BCUT2D eigenvalue weighted by Gasteiger charge is -2.31. The first kappa shape index (κ1) is 71.2. The summed E-state index contributed by atoms with van der Waals surface area (Å²) in [6.07, 6.45) is -4.67. The Labute approximate surface area is 467 Å². The summed E-state index contributed by atoms with van der Waals surface area (Å²) in [7, 11) is 0. The largest absolute Gasteiger partial charge is 0.481 e. The Hall–Kier alpha value is -7.78. The number of carbonyl (C=O) groups is 13. The van der Waals surface area contributed by atoms with Crippen LogP contribution in [-0.4, -0.2) is 201 Å². The molecule has 1 aliphatic heterocycles. The molecule has 23 N–H and O–H groups in total. The number of aliphatic hydroxyl groups is 2. The minimum absolute atomic E-state index is 0.0385. The maximum atomic E-state index is 14.1. The molecule has 13 atom stereocenters. The number of hydrogen-bond donors (Lipinski definition) is 19. The summed E-state index contributed by atoms with van der Waals surface area (Å²) in [4.78, 5) is 174. The predicted molar refractivity (Wildman–Crippen MR) is 285 cm³/mol. The highest BCUT2D eigenvalue weighted by molar-refractivity contribution is 6.00. The lowest BCUT2D eigenvalue weighted by molar-refractivity contribution is -0.145. The quantitative estimate of drug-likeness (QED) is 0.0155. The number of carbonyl (C=O) groups excluding carboxylic acids is 10. The fraction of sp³-hybridized carbons (Fsp3) is 0.708. The van der Waals surface area contributed by atoms with Crippen LogP contribution >= 0.6 is 0 Å². The summed E-state index contributed by atoms with van der Waals surface area (Å²) in [5.41, 5.74) is 21.7. The van der Waals surface area contributed by atoms with Gasteiger partial charge in [0.2, 0.25) is 59.1 Å². The van der Waals surface area contributed by atoms with Crippen molar-refractivity contribution >= 4 is 82.9 Å². The van der Waals surface area contributed by atoms with Crippen LogP contribution in [0.2, 0.25) is 0 Å². The maximum absolute atomic E-state index is 14.1. The summed E-state index contributed by atoms with van der Waals surface area (Å²) in [6.45, 7) is 8.88. The van der Waals surface area contributed by atoms with Crippen LogP contribution in [0, 0.1) is 11.8 Å². The van der Waals surface area contributed by atoms with Crippen molar-refractivity contribution in [1.29, 1.82) is 0 Å². The smallest absolute Gasteiger partial charge is 0.326 e. The monoisotopic (exact) mass is 1160 g/mol. The van der Waals surface area contributed by atoms with Crippen molar-refractivity contribution in [1.82, 2.24) is 53.2 Å². The van der Waals surface area contributed by atoms with E-state index >= 15 is 0 Å². The number of hydrogen-bond acceptors (Lipinski definition) is 18. The van der Waals surface area contributed by atoms with Crippen LogP contribution in [-0.2, 0) is 62.3 Å². The van der Waals surface area contributed by atoms with Crippen LogP contribution in [0.15, 0.2) is 4.99 Å². The molecule has 33 nitrogen and oxygen atoms in total. The number of nitrogens with zero attached hydrogens (tertiary/aromatic N) is 1. The number of nitrogens with one attached hydrogen (secondary N) is 10. The highest BCUT2D eigenvalue weighted by Gasteiger charge is 2.40. The van der Waals surface area contributed by atoms with Gasteiger partial charge in [-0.1, -0.05) is 34.1 Å².